The molecule has 0 bridgehead atoms. The van der Waals surface area contributed by atoms with Gasteiger partial charge in [-0.3, -0.25) is 0 Å². The fraction of sp³-hybridized carbons (Fsp3) is 0.444. The highest BCUT2D eigenvalue weighted by Gasteiger charge is 2.15. The first-order chi connectivity index (χ1) is 12.9. The number of hydrogen-bond donors (Lipinski definition) is 1. The maximum atomic E-state index is 12.3. The topological polar surface area (TPSA) is 93.7 Å². The van der Waals surface area contributed by atoms with E-state index in [2.05, 4.69) is 19.6 Å². The Morgan fingerprint density at radius 2 is 1.85 bits per heavy atom. The lowest BCUT2D eigenvalue weighted by Gasteiger charge is -2.28. The molecule has 0 unspecified atom stereocenters. The highest BCUT2D eigenvalue weighted by molar-refractivity contribution is 7.89. The van der Waals surface area contributed by atoms with Gasteiger partial charge in [0.05, 0.1) is 18.1 Å². The normalized spacial score (nSPS) is 15.0. The Morgan fingerprint density at radius 1 is 1.15 bits per heavy atom. The van der Waals surface area contributed by atoms with Crippen LogP contribution in [0.4, 0.5) is 5.82 Å². The number of aromatic nitrogens is 2. The summed E-state index contributed by atoms with van der Waals surface area (Å²) >= 11 is 0. The molecule has 1 aromatic heterocycles. The summed E-state index contributed by atoms with van der Waals surface area (Å²) in [5.74, 6) is 1.83. The highest BCUT2D eigenvalue weighted by atomic mass is 32.2. The van der Waals surface area contributed by atoms with Crippen molar-refractivity contribution in [1.82, 2.24) is 14.7 Å². The molecule has 0 atom stereocenters. The summed E-state index contributed by atoms with van der Waals surface area (Å²) in [7, 11) is -3.55. The average Bonchev–Trinajstić information content (AvgIpc) is 2.66. The van der Waals surface area contributed by atoms with Crippen molar-refractivity contribution in [1.29, 1.82) is 0 Å². The highest BCUT2D eigenvalue weighted by Crippen LogP contribution is 2.18. The first-order valence-corrected chi connectivity index (χ1v) is 10.3. The predicted molar refractivity (Wildman–Crippen MR) is 102 cm³/mol. The first-order valence-electron chi connectivity index (χ1n) is 8.81. The molecule has 1 N–H and O–H groups in total. The molecule has 1 aliphatic rings. The van der Waals surface area contributed by atoms with Crippen LogP contribution in [0.15, 0.2) is 35.2 Å². The Hall–Kier alpha value is -2.23. The number of hydrogen-bond acceptors (Lipinski definition) is 7. The standard InChI is InChI=1S/C18H24N4O4S/c1-14-3-5-16(6-4-14)27(23,24)19-7-10-26-18-13-17(20-15(2)21-18)22-8-11-25-12-9-22/h3-6,13,19H,7-12H2,1-2H3. The molecular formula is C18H24N4O4S. The van der Waals surface area contributed by atoms with Crippen LogP contribution < -0.4 is 14.4 Å². The summed E-state index contributed by atoms with van der Waals surface area (Å²) in [6.45, 7) is 6.90. The summed E-state index contributed by atoms with van der Waals surface area (Å²) in [4.78, 5) is 11.1. The van der Waals surface area contributed by atoms with Crippen molar-refractivity contribution in [2.45, 2.75) is 18.7 Å². The van der Waals surface area contributed by atoms with Gasteiger partial charge in [0.15, 0.2) is 0 Å². The Balaban J connectivity index is 1.55. The van der Waals surface area contributed by atoms with E-state index >= 15 is 0 Å². The smallest absolute Gasteiger partial charge is 0.240 e. The van der Waals surface area contributed by atoms with E-state index in [1.165, 1.54) is 0 Å². The fourth-order valence-corrected chi connectivity index (χ4v) is 3.70. The third-order valence-electron chi connectivity index (χ3n) is 4.11. The second-order valence-electron chi connectivity index (χ2n) is 6.27. The Bertz CT molecular complexity index is 865. The molecule has 9 heteroatoms. The number of rotatable bonds is 7. The van der Waals surface area contributed by atoms with Crippen molar-refractivity contribution in [3.8, 4) is 5.88 Å². The van der Waals surface area contributed by atoms with Gasteiger partial charge in [0.1, 0.15) is 18.2 Å². The van der Waals surface area contributed by atoms with Crippen LogP contribution in [0, 0.1) is 13.8 Å². The third-order valence-corrected chi connectivity index (χ3v) is 5.59. The minimum absolute atomic E-state index is 0.145. The van der Waals surface area contributed by atoms with Gasteiger partial charge >= 0.3 is 0 Å². The van der Waals surface area contributed by atoms with Crippen molar-refractivity contribution in [2.24, 2.45) is 0 Å². The minimum atomic E-state index is -3.55. The van der Waals surface area contributed by atoms with E-state index in [9.17, 15) is 8.42 Å². The van der Waals surface area contributed by atoms with Crippen molar-refractivity contribution in [3.05, 3.63) is 41.7 Å². The van der Waals surface area contributed by atoms with Crippen molar-refractivity contribution < 1.29 is 17.9 Å². The van der Waals surface area contributed by atoms with E-state index in [4.69, 9.17) is 9.47 Å². The minimum Gasteiger partial charge on any atom is -0.476 e. The first kappa shape index (κ1) is 19.5. The lowest BCUT2D eigenvalue weighted by atomic mass is 10.2. The monoisotopic (exact) mass is 392 g/mol. The van der Waals surface area contributed by atoms with E-state index < -0.39 is 10.0 Å². The number of ether oxygens (including phenoxy) is 2. The zero-order valence-corrected chi connectivity index (χ0v) is 16.3. The largest absolute Gasteiger partial charge is 0.476 e. The number of sulfonamides is 1. The van der Waals surface area contributed by atoms with Crippen LogP contribution in [0.1, 0.15) is 11.4 Å². The van der Waals surface area contributed by atoms with Gasteiger partial charge in [-0.25, -0.2) is 18.1 Å². The number of benzene rings is 1. The van der Waals surface area contributed by atoms with Gasteiger partial charge in [0.25, 0.3) is 0 Å². The molecule has 1 saturated heterocycles. The number of nitrogens with one attached hydrogen (secondary N) is 1. The molecular weight excluding hydrogens is 368 g/mol. The molecule has 1 fully saturated rings. The van der Waals surface area contributed by atoms with Gasteiger partial charge in [-0.15, -0.1) is 0 Å². The Kier molecular flexibility index (Phi) is 6.25. The second-order valence-corrected chi connectivity index (χ2v) is 8.04. The molecule has 0 aliphatic carbocycles. The van der Waals surface area contributed by atoms with Gasteiger partial charge in [0.2, 0.25) is 15.9 Å². The van der Waals surface area contributed by atoms with Gasteiger partial charge < -0.3 is 14.4 Å². The molecule has 2 heterocycles. The molecule has 3 rings (SSSR count). The van der Waals surface area contributed by atoms with Crippen LogP contribution in [0.5, 0.6) is 5.88 Å². The quantitative estimate of drug-likeness (QED) is 0.710. The molecule has 0 saturated carbocycles. The summed E-state index contributed by atoms with van der Waals surface area (Å²) in [5, 5.41) is 0. The van der Waals surface area contributed by atoms with Crippen LogP contribution in [0.2, 0.25) is 0 Å². The van der Waals surface area contributed by atoms with E-state index in [0.717, 1.165) is 24.5 Å². The molecule has 146 valence electrons. The SMILES string of the molecule is Cc1ccc(S(=O)(=O)NCCOc2cc(N3CCOCC3)nc(C)n2)cc1. The lowest BCUT2D eigenvalue weighted by molar-refractivity contribution is 0.122. The van der Waals surface area contributed by atoms with Crippen LogP contribution in [0.3, 0.4) is 0 Å². The maximum Gasteiger partial charge on any atom is 0.240 e. The van der Waals surface area contributed by atoms with E-state index in [-0.39, 0.29) is 18.0 Å². The van der Waals surface area contributed by atoms with Crippen molar-refractivity contribution in [2.75, 3.05) is 44.4 Å². The number of morpholine rings is 1. The fourth-order valence-electron chi connectivity index (χ4n) is 2.69. The number of nitrogens with zero attached hydrogens (tertiary/aromatic N) is 3. The third kappa shape index (κ3) is 5.38. The zero-order chi connectivity index (χ0) is 19.3. The Labute approximate surface area is 159 Å². The summed E-state index contributed by atoms with van der Waals surface area (Å²) in [6, 6.07) is 8.47. The molecule has 2 aromatic rings. The van der Waals surface area contributed by atoms with Gasteiger partial charge in [-0.2, -0.15) is 4.98 Å². The van der Waals surface area contributed by atoms with Crippen LogP contribution in [-0.2, 0) is 14.8 Å². The van der Waals surface area contributed by atoms with E-state index in [1.807, 2.05) is 6.92 Å². The summed E-state index contributed by atoms with van der Waals surface area (Å²) in [5.41, 5.74) is 1.01. The second kappa shape index (κ2) is 8.64. The van der Waals surface area contributed by atoms with Crippen LogP contribution in [-0.4, -0.2) is 57.8 Å². The lowest BCUT2D eigenvalue weighted by Crippen LogP contribution is -2.37. The van der Waals surface area contributed by atoms with E-state index in [0.29, 0.717) is 24.9 Å². The molecule has 8 nitrogen and oxygen atoms in total. The van der Waals surface area contributed by atoms with Crippen molar-refractivity contribution >= 4 is 15.8 Å². The van der Waals surface area contributed by atoms with Crippen LogP contribution >= 0.6 is 0 Å². The molecule has 0 radical (unpaired) electrons. The Morgan fingerprint density at radius 3 is 2.56 bits per heavy atom. The van der Waals surface area contributed by atoms with Crippen molar-refractivity contribution in [3.63, 3.8) is 0 Å². The molecule has 0 spiro atoms. The summed E-state index contributed by atoms with van der Waals surface area (Å²) < 4.78 is 38.0. The average molecular weight is 392 g/mol. The van der Waals surface area contributed by atoms with Crippen LogP contribution in [0.25, 0.3) is 0 Å². The zero-order valence-electron chi connectivity index (χ0n) is 15.5. The molecule has 0 amide bonds. The van der Waals surface area contributed by atoms with E-state index in [1.54, 1.807) is 37.3 Å². The predicted octanol–water partition coefficient (Wildman–Crippen LogP) is 1.29. The molecule has 27 heavy (non-hydrogen) atoms. The summed E-state index contributed by atoms with van der Waals surface area (Å²) in [6.07, 6.45) is 0. The van der Waals surface area contributed by atoms with Gasteiger partial charge in [0, 0.05) is 25.7 Å². The molecule has 1 aliphatic heterocycles. The maximum absolute atomic E-state index is 12.3. The number of aryl methyl sites for hydroxylation is 2. The van der Waals surface area contributed by atoms with Gasteiger partial charge in [-0.05, 0) is 26.0 Å². The molecule has 1 aromatic carbocycles. The number of anilines is 1. The van der Waals surface area contributed by atoms with Gasteiger partial charge in [-0.1, -0.05) is 17.7 Å².